The predicted molar refractivity (Wildman–Crippen MR) is 67.2 cm³/mol. The van der Waals surface area contributed by atoms with Crippen molar-refractivity contribution in [3.63, 3.8) is 0 Å². The van der Waals surface area contributed by atoms with Crippen LogP contribution in [0.5, 0.6) is 0 Å². The van der Waals surface area contributed by atoms with Crippen LogP contribution in [0.1, 0.15) is 12.0 Å². The molecular formula is C13H13F2N3. The second kappa shape index (κ2) is 5.00. The third-order valence-corrected chi connectivity index (χ3v) is 2.62. The van der Waals surface area contributed by atoms with Crippen molar-refractivity contribution >= 4 is 5.82 Å². The molecule has 0 aliphatic rings. The topological polar surface area (TPSA) is 43.8 Å². The Balaban J connectivity index is 2.42. The number of nitrogen functional groups attached to an aromatic ring is 1. The number of imidazole rings is 1. The van der Waals surface area contributed by atoms with Crippen LogP contribution in [-0.4, -0.2) is 9.55 Å². The lowest BCUT2D eigenvalue weighted by Crippen LogP contribution is -2.00. The molecule has 0 amide bonds. The summed E-state index contributed by atoms with van der Waals surface area (Å²) in [5.74, 6) is 0.446. The lowest BCUT2D eigenvalue weighted by Gasteiger charge is -2.05. The molecule has 1 aromatic heterocycles. The van der Waals surface area contributed by atoms with Gasteiger partial charge in [0.15, 0.2) is 0 Å². The maximum atomic E-state index is 12.6. The number of anilines is 1. The van der Waals surface area contributed by atoms with Crippen molar-refractivity contribution < 1.29 is 8.78 Å². The van der Waals surface area contributed by atoms with Crippen molar-refractivity contribution in [2.24, 2.45) is 0 Å². The Morgan fingerprint density at radius 1 is 1.44 bits per heavy atom. The largest absolute Gasteiger partial charge is 0.383 e. The van der Waals surface area contributed by atoms with E-state index in [2.05, 4.69) is 11.6 Å². The first-order chi connectivity index (χ1) is 8.63. The predicted octanol–water partition coefficient (Wildman–Crippen LogP) is 3.26. The van der Waals surface area contributed by atoms with E-state index in [1.54, 1.807) is 29.1 Å². The van der Waals surface area contributed by atoms with E-state index in [0.717, 1.165) is 0 Å². The van der Waals surface area contributed by atoms with Crippen LogP contribution >= 0.6 is 0 Å². The number of allylic oxidation sites excluding steroid dienone is 1. The van der Waals surface area contributed by atoms with Gasteiger partial charge in [0.25, 0.3) is 6.43 Å². The fraction of sp³-hybridized carbons (Fsp3) is 0.154. The summed E-state index contributed by atoms with van der Waals surface area (Å²) in [6.07, 6.45) is 0.764. The third kappa shape index (κ3) is 2.25. The summed E-state index contributed by atoms with van der Waals surface area (Å²) in [6.45, 7) is 4.15. The molecule has 0 spiro atoms. The monoisotopic (exact) mass is 249 g/mol. The van der Waals surface area contributed by atoms with Gasteiger partial charge in [0.05, 0.1) is 6.33 Å². The summed E-state index contributed by atoms with van der Waals surface area (Å²) in [6, 6.07) is 6.07. The Hall–Kier alpha value is -2.17. The van der Waals surface area contributed by atoms with Gasteiger partial charge in [0, 0.05) is 17.7 Å². The molecule has 0 saturated heterocycles. The first kappa shape index (κ1) is 12.3. The lowest BCUT2D eigenvalue weighted by atomic mass is 10.1. The average Bonchev–Trinajstić information content (AvgIpc) is 2.72. The highest BCUT2D eigenvalue weighted by molar-refractivity contribution is 5.70. The van der Waals surface area contributed by atoms with E-state index in [0.29, 0.717) is 23.6 Å². The van der Waals surface area contributed by atoms with Crippen molar-refractivity contribution in [2.45, 2.75) is 13.0 Å². The van der Waals surface area contributed by atoms with Gasteiger partial charge in [-0.1, -0.05) is 24.3 Å². The Morgan fingerprint density at radius 2 is 2.22 bits per heavy atom. The number of benzene rings is 1. The van der Waals surface area contributed by atoms with Crippen LogP contribution in [0.2, 0.25) is 0 Å². The Bertz CT molecular complexity index is 561. The lowest BCUT2D eigenvalue weighted by molar-refractivity contribution is 0.151. The van der Waals surface area contributed by atoms with E-state index in [1.807, 2.05) is 0 Å². The standard InChI is InChI=1S/C13H13F2N3/c1-2-6-18-8-17-11(13(18)16)9-4-3-5-10(7-9)12(14)15/h2-5,7-8,12H,1,6,16H2. The normalized spacial score (nSPS) is 10.8. The number of hydrogen-bond donors (Lipinski definition) is 1. The number of aromatic nitrogens is 2. The van der Waals surface area contributed by atoms with E-state index >= 15 is 0 Å². The molecule has 0 bridgehead atoms. The molecule has 0 aliphatic heterocycles. The molecule has 2 rings (SSSR count). The highest BCUT2D eigenvalue weighted by atomic mass is 19.3. The van der Waals surface area contributed by atoms with Gasteiger partial charge in [-0.2, -0.15) is 0 Å². The molecule has 0 saturated carbocycles. The third-order valence-electron chi connectivity index (χ3n) is 2.62. The van der Waals surface area contributed by atoms with Crippen molar-refractivity contribution in [2.75, 3.05) is 5.73 Å². The molecule has 94 valence electrons. The van der Waals surface area contributed by atoms with Crippen LogP contribution in [0.3, 0.4) is 0 Å². The number of nitrogens with two attached hydrogens (primary N) is 1. The summed E-state index contributed by atoms with van der Waals surface area (Å²) < 4.78 is 26.9. The second-order valence-electron chi connectivity index (χ2n) is 3.85. The maximum Gasteiger partial charge on any atom is 0.263 e. The Labute approximate surface area is 104 Å². The molecule has 2 aromatic rings. The van der Waals surface area contributed by atoms with E-state index in [9.17, 15) is 8.78 Å². The van der Waals surface area contributed by atoms with Gasteiger partial charge in [-0.05, 0) is 6.07 Å². The summed E-state index contributed by atoms with van der Waals surface area (Å²) in [5.41, 5.74) is 6.98. The molecule has 0 fully saturated rings. The maximum absolute atomic E-state index is 12.6. The molecule has 2 N–H and O–H groups in total. The zero-order chi connectivity index (χ0) is 13.1. The van der Waals surface area contributed by atoms with Crippen LogP contribution in [0.4, 0.5) is 14.6 Å². The molecule has 18 heavy (non-hydrogen) atoms. The Morgan fingerprint density at radius 3 is 2.89 bits per heavy atom. The minimum atomic E-state index is -2.50. The van der Waals surface area contributed by atoms with Crippen LogP contribution in [0, 0.1) is 0 Å². The van der Waals surface area contributed by atoms with Crippen molar-refractivity contribution in [3.05, 3.63) is 48.8 Å². The number of halogens is 2. The zero-order valence-corrected chi connectivity index (χ0v) is 9.68. The fourth-order valence-electron chi connectivity index (χ4n) is 1.72. The summed E-state index contributed by atoms with van der Waals surface area (Å²) in [5, 5.41) is 0. The quantitative estimate of drug-likeness (QED) is 0.845. The molecule has 1 heterocycles. The van der Waals surface area contributed by atoms with E-state index in [4.69, 9.17) is 5.73 Å². The second-order valence-corrected chi connectivity index (χ2v) is 3.85. The summed E-state index contributed by atoms with van der Waals surface area (Å²) >= 11 is 0. The molecule has 0 radical (unpaired) electrons. The molecule has 3 nitrogen and oxygen atoms in total. The minimum absolute atomic E-state index is 0.0369. The van der Waals surface area contributed by atoms with Crippen molar-refractivity contribution in [1.82, 2.24) is 9.55 Å². The highest BCUT2D eigenvalue weighted by Gasteiger charge is 2.12. The van der Waals surface area contributed by atoms with Crippen LogP contribution in [0.25, 0.3) is 11.3 Å². The minimum Gasteiger partial charge on any atom is -0.383 e. The number of nitrogens with zero attached hydrogens (tertiary/aromatic N) is 2. The van der Waals surface area contributed by atoms with Gasteiger partial charge in [-0.3, -0.25) is 0 Å². The van der Waals surface area contributed by atoms with E-state index in [-0.39, 0.29) is 5.56 Å². The zero-order valence-electron chi connectivity index (χ0n) is 9.68. The number of hydrogen-bond acceptors (Lipinski definition) is 2. The van der Waals surface area contributed by atoms with Crippen LogP contribution in [-0.2, 0) is 6.54 Å². The van der Waals surface area contributed by atoms with Gasteiger partial charge in [-0.25, -0.2) is 13.8 Å². The molecule has 0 aliphatic carbocycles. The average molecular weight is 249 g/mol. The summed E-state index contributed by atoms with van der Waals surface area (Å²) in [7, 11) is 0. The SMILES string of the molecule is C=CCn1cnc(-c2cccc(C(F)F)c2)c1N. The van der Waals surface area contributed by atoms with Gasteiger partial charge in [-0.15, -0.1) is 6.58 Å². The molecule has 0 unspecified atom stereocenters. The van der Waals surface area contributed by atoms with Crippen molar-refractivity contribution in [3.8, 4) is 11.3 Å². The molecule has 5 heteroatoms. The van der Waals surface area contributed by atoms with Gasteiger partial charge < -0.3 is 10.3 Å². The van der Waals surface area contributed by atoms with Crippen LogP contribution < -0.4 is 5.73 Å². The van der Waals surface area contributed by atoms with E-state index in [1.165, 1.54) is 12.1 Å². The number of alkyl halides is 2. The number of rotatable bonds is 4. The van der Waals surface area contributed by atoms with E-state index < -0.39 is 6.43 Å². The Kier molecular flexibility index (Phi) is 3.41. The van der Waals surface area contributed by atoms with Gasteiger partial charge in [0.2, 0.25) is 0 Å². The molecule has 0 atom stereocenters. The van der Waals surface area contributed by atoms with Gasteiger partial charge >= 0.3 is 0 Å². The highest BCUT2D eigenvalue weighted by Crippen LogP contribution is 2.28. The fourth-order valence-corrected chi connectivity index (χ4v) is 1.72. The van der Waals surface area contributed by atoms with Gasteiger partial charge in [0.1, 0.15) is 11.5 Å². The molecule has 1 aromatic carbocycles. The first-order valence-electron chi connectivity index (χ1n) is 5.43. The smallest absolute Gasteiger partial charge is 0.263 e. The molecular weight excluding hydrogens is 236 g/mol. The first-order valence-corrected chi connectivity index (χ1v) is 5.43. The summed E-state index contributed by atoms with van der Waals surface area (Å²) in [4.78, 5) is 4.15. The van der Waals surface area contributed by atoms with Crippen molar-refractivity contribution in [1.29, 1.82) is 0 Å². The van der Waals surface area contributed by atoms with Crippen LogP contribution in [0.15, 0.2) is 43.2 Å².